The summed E-state index contributed by atoms with van der Waals surface area (Å²) in [5.74, 6) is -0.829. The van der Waals surface area contributed by atoms with Gasteiger partial charge in [0.15, 0.2) is 0 Å². The van der Waals surface area contributed by atoms with Crippen molar-refractivity contribution in [2.75, 3.05) is 0 Å². The van der Waals surface area contributed by atoms with E-state index < -0.39 is 17.5 Å². The zero-order chi connectivity index (χ0) is 11.7. The van der Waals surface area contributed by atoms with Gasteiger partial charge in [-0.05, 0) is 18.3 Å². The SMILES string of the molecule is CC(C)(C)C(O)C1(C(=O)O)CCCCC1. The van der Waals surface area contributed by atoms with Crippen LogP contribution in [-0.4, -0.2) is 22.3 Å². The fraction of sp³-hybridized carbons (Fsp3) is 0.917. The van der Waals surface area contributed by atoms with Gasteiger partial charge >= 0.3 is 5.97 Å². The van der Waals surface area contributed by atoms with Crippen LogP contribution in [0.15, 0.2) is 0 Å². The number of carboxylic acid groups (broad SMARTS) is 1. The molecule has 1 aliphatic rings. The Morgan fingerprint density at radius 1 is 1.20 bits per heavy atom. The van der Waals surface area contributed by atoms with Crippen molar-refractivity contribution >= 4 is 5.97 Å². The third kappa shape index (κ3) is 2.33. The van der Waals surface area contributed by atoms with Gasteiger partial charge in [-0.1, -0.05) is 40.0 Å². The highest BCUT2D eigenvalue weighted by molar-refractivity contribution is 5.75. The molecule has 0 aromatic carbocycles. The fourth-order valence-corrected chi connectivity index (χ4v) is 2.62. The maximum atomic E-state index is 11.4. The van der Waals surface area contributed by atoms with Crippen molar-refractivity contribution in [1.82, 2.24) is 0 Å². The molecule has 0 amide bonds. The second-order valence-corrected chi connectivity index (χ2v) is 5.79. The van der Waals surface area contributed by atoms with Crippen LogP contribution in [0.5, 0.6) is 0 Å². The maximum absolute atomic E-state index is 11.4. The summed E-state index contributed by atoms with van der Waals surface area (Å²) in [6.07, 6.45) is 3.38. The van der Waals surface area contributed by atoms with Crippen molar-refractivity contribution in [3.05, 3.63) is 0 Å². The highest BCUT2D eigenvalue weighted by atomic mass is 16.4. The number of hydrogen-bond donors (Lipinski definition) is 2. The van der Waals surface area contributed by atoms with Crippen molar-refractivity contribution < 1.29 is 15.0 Å². The molecule has 3 nitrogen and oxygen atoms in total. The Labute approximate surface area is 91.5 Å². The largest absolute Gasteiger partial charge is 0.481 e. The molecule has 3 heteroatoms. The third-order valence-electron chi connectivity index (χ3n) is 3.52. The number of aliphatic hydroxyl groups is 1. The van der Waals surface area contributed by atoms with E-state index in [-0.39, 0.29) is 5.41 Å². The summed E-state index contributed by atoms with van der Waals surface area (Å²) < 4.78 is 0. The topological polar surface area (TPSA) is 57.5 Å². The minimum atomic E-state index is -0.906. The van der Waals surface area contributed by atoms with Crippen LogP contribution in [-0.2, 0) is 4.79 Å². The van der Waals surface area contributed by atoms with Crippen LogP contribution in [0, 0.1) is 10.8 Å². The zero-order valence-corrected chi connectivity index (χ0v) is 9.92. The lowest BCUT2D eigenvalue weighted by molar-refractivity contribution is -0.167. The van der Waals surface area contributed by atoms with Crippen LogP contribution >= 0.6 is 0 Å². The lowest BCUT2D eigenvalue weighted by Crippen LogP contribution is -2.50. The van der Waals surface area contributed by atoms with Gasteiger partial charge in [0.2, 0.25) is 0 Å². The molecule has 0 radical (unpaired) electrons. The Balaban J connectivity index is 2.95. The number of carboxylic acids is 1. The molecule has 1 fully saturated rings. The van der Waals surface area contributed by atoms with E-state index in [4.69, 9.17) is 0 Å². The van der Waals surface area contributed by atoms with E-state index in [1.807, 2.05) is 20.8 Å². The average molecular weight is 214 g/mol. The van der Waals surface area contributed by atoms with Crippen LogP contribution in [0.25, 0.3) is 0 Å². The Morgan fingerprint density at radius 2 is 1.67 bits per heavy atom. The fourth-order valence-electron chi connectivity index (χ4n) is 2.62. The van der Waals surface area contributed by atoms with E-state index in [0.29, 0.717) is 12.8 Å². The lowest BCUT2D eigenvalue weighted by atomic mass is 9.63. The van der Waals surface area contributed by atoms with Gasteiger partial charge in [-0.25, -0.2) is 0 Å². The van der Waals surface area contributed by atoms with Crippen LogP contribution in [0.3, 0.4) is 0 Å². The summed E-state index contributed by atoms with van der Waals surface area (Å²) >= 11 is 0. The molecular formula is C12H22O3. The van der Waals surface area contributed by atoms with Crippen molar-refractivity contribution in [2.24, 2.45) is 10.8 Å². The molecule has 0 bridgehead atoms. The molecule has 0 heterocycles. The Kier molecular flexibility index (Phi) is 3.44. The standard InChI is InChI=1S/C12H22O3/c1-11(2,3)9(13)12(10(14)15)7-5-4-6-8-12/h9,13H,4-8H2,1-3H3,(H,14,15). The van der Waals surface area contributed by atoms with E-state index in [1.54, 1.807) is 0 Å². The number of carbonyl (C=O) groups is 1. The summed E-state index contributed by atoms with van der Waals surface area (Å²) in [7, 11) is 0. The lowest BCUT2D eigenvalue weighted by Gasteiger charge is -2.43. The summed E-state index contributed by atoms with van der Waals surface area (Å²) in [4.78, 5) is 11.4. The van der Waals surface area contributed by atoms with Gasteiger partial charge in [-0.15, -0.1) is 0 Å². The van der Waals surface area contributed by atoms with Gasteiger partial charge in [-0.3, -0.25) is 4.79 Å². The molecule has 88 valence electrons. The normalized spacial score (nSPS) is 23.5. The molecule has 0 spiro atoms. The summed E-state index contributed by atoms with van der Waals surface area (Å²) in [6, 6.07) is 0. The molecule has 15 heavy (non-hydrogen) atoms. The number of aliphatic hydroxyl groups excluding tert-OH is 1. The van der Waals surface area contributed by atoms with Crippen LogP contribution < -0.4 is 0 Å². The molecule has 0 aliphatic heterocycles. The highest BCUT2D eigenvalue weighted by Crippen LogP contribution is 2.45. The molecule has 2 N–H and O–H groups in total. The molecule has 1 atom stereocenters. The summed E-state index contributed by atoms with van der Waals surface area (Å²) in [5, 5.41) is 19.6. The van der Waals surface area contributed by atoms with E-state index in [0.717, 1.165) is 19.3 Å². The second kappa shape index (κ2) is 4.12. The maximum Gasteiger partial charge on any atom is 0.312 e. The zero-order valence-electron chi connectivity index (χ0n) is 9.92. The van der Waals surface area contributed by atoms with Crippen molar-refractivity contribution in [3.63, 3.8) is 0 Å². The van der Waals surface area contributed by atoms with Gasteiger partial charge in [0.05, 0.1) is 11.5 Å². The number of aliphatic carboxylic acids is 1. The van der Waals surface area contributed by atoms with Crippen molar-refractivity contribution in [3.8, 4) is 0 Å². The first-order chi connectivity index (χ1) is 6.81. The molecule has 1 rings (SSSR count). The van der Waals surface area contributed by atoms with Gasteiger partial charge in [0.1, 0.15) is 0 Å². The molecule has 1 unspecified atom stereocenters. The Bertz CT molecular complexity index is 234. The first-order valence-electron chi connectivity index (χ1n) is 5.72. The van der Waals surface area contributed by atoms with E-state index in [2.05, 4.69) is 0 Å². The first kappa shape index (κ1) is 12.5. The first-order valence-corrected chi connectivity index (χ1v) is 5.72. The summed E-state index contributed by atoms with van der Waals surface area (Å²) in [5.41, 5.74) is -1.27. The second-order valence-electron chi connectivity index (χ2n) is 5.79. The van der Waals surface area contributed by atoms with Gasteiger partial charge in [0.25, 0.3) is 0 Å². The van der Waals surface area contributed by atoms with Crippen molar-refractivity contribution in [2.45, 2.75) is 59.0 Å². The predicted molar refractivity (Wildman–Crippen MR) is 58.6 cm³/mol. The van der Waals surface area contributed by atoms with E-state index >= 15 is 0 Å². The van der Waals surface area contributed by atoms with Gasteiger partial charge in [0, 0.05) is 0 Å². The monoisotopic (exact) mass is 214 g/mol. The van der Waals surface area contributed by atoms with Crippen LogP contribution in [0.2, 0.25) is 0 Å². The van der Waals surface area contributed by atoms with E-state index in [1.165, 1.54) is 0 Å². The van der Waals surface area contributed by atoms with E-state index in [9.17, 15) is 15.0 Å². The predicted octanol–water partition coefficient (Wildman–Crippen LogP) is 2.43. The van der Waals surface area contributed by atoms with Crippen LogP contribution in [0.1, 0.15) is 52.9 Å². The van der Waals surface area contributed by atoms with Gasteiger partial charge < -0.3 is 10.2 Å². The minimum absolute atomic E-state index is 0.365. The quantitative estimate of drug-likeness (QED) is 0.742. The highest BCUT2D eigenvalue weighted by Gasteiger charge is 2.50. The smallest absolute Gasteiger partial charge is 0.312 e. The van der Waals surface area contributed by atoms with Crippen molar-refractivity contribution in [1.29, 1.82) is 0 Å². The molecule has 0 aromatic rings. The summed E-state index contributed by atoms with van der Waals surface area (Å²) in [6.45, 7) is 5.70. The minimum Gasteiger partial charge on any atom is -0.481 e. The molecule has 0 saturated heterocycles. The third-order valence-corrected chi connectivity index (χ3v) is 3.52. The average Bonchev–Trinajstić information content (AvgIpc) is 2.16. The number of rotatable bonds is 2. The molecule has 0 aromatic heterocycles. The Hall–Kier alpha value is -0.570. The number of hydrogen-bond acceptors (Lipinski definition) is 2. The molecule has 1 aliphatic carbocycles. The van der Waals surface area contributed by atoms with Crippen LogP contribution in [0.4, 0.5) is 0 Å². The molecule has 1 saturated carbocycles. The molecular weight excluding hydrogens is 192 g/mol. The Morgan fingerprint density at radius 3 is 2.00 bits per heavy atom. The van der Waals surface area contributed by atoms with Gasteiger partial charge in [-0.2, -0.15) is 0 Å².